The third kappa shape index (κ3) is 5.57. The number of benzene rings is 3. The van der Waals surface area contributed by atoms with Gasteiger partial charge >= 0.3 is 0 Å². The van der Waals surface area contributed by atoms with E-state index < -0.39 is 0 Å². The van der Waals surface area contributed by atoms with Gasteiger partial charge in [-0.15, -0.1) is 0 Å². The normalized spacial score (nSPS) is 11.3. The number of hydrogen-bond acceptors (Lipinski definition) is 6. The summed E-state index contributed by atoms with van der Waals surface area (Å²) in [5.74, 6) is 1.94. The molecule has 1 aromatic heterocycles. The van der Waals surface area contributed by atoms with Crippen LogP contribution in [0.15, 0.2) is 69.0 Å². The van der Waals surface area contributed by atoms with E-state index in [0.717, 1.165) is 26.9 Å². The quantitative estimate of drug-likeness (QED) is 0.232. The molecule has 7 nitrogen and oxygen atoms in total. The lowest BCUT2D eigenvalue weighted by Gasteiger charge is -2.18. The highest BCUT2D eigenvalue weighted by molar-refractivity contribution is 9.10. The van der Waals surface area contributed by atoms with Gasteiger partial charge in [-0.25, -0.2) is 4.98 Å². The minimum absolute atomic E-state index is 0.103. The molecule has 188 valence electrons. The average Bonchev–Trinajstić information content (AvgIpc) is 2.88. The molecule has 0 amide bonds. The molecule has 0 fully saturated rings. The molecule has 0 aliphatic rings. The Balaban J connectivity index is 1.96. The first kappa shape index (κ1) is 26.1. The van der Waals surface area contributed by atoms with Crippen LogP contribution in [-0.2, 0) is 0 Å². The molecule has 0 aliphatic heterocycles. The van der Waals surface area contributed by atoms with Gasteiger partial charge in [0.1, 0.15) is 17.6 Å². The minimum atomic E-state index is -0.286. The Morgan fingerprint density at radius 3 is 2.65 bits per heavy atom. The van der Waals surface area contributed by atoms with Crippen molar-refractivity contribution in [2.45, 2.75) is 33.6 Å². The first-order valence-corrected chi connectivity index (χ1v) is 12.8. The highest BCUT2D eigenvalue weighted by Crippen LogP contribution is 2.34. The van der Waals surface area contributed by atoms with Crippen molar-refractivity contribution in [3.05, 3.63) is 86.1 Å². The number of rotatable bonds is 8. The molecule has 8 heteroatoms. The zero-order chi connectivity index (χ0) is 26.5. The van der Waals surface area contributed by atoms with Crippen molar-refractivity contribution in [1.29, 1.82) is 5.26 Å². The highest BCUT2D eigenvalue weighted by atomic mass is 79.9. The lowest BCUT2D eigenvalue weighted by atomic mass is 9.96. The van der Waals surface area contributed by atoms with Crippen molar-refractivity contribution in [3.63, 3.8) is 0 Å². The smallest absolute Gasteiger partial charge is 0.282 e. The first-order chi connectivity index (χ1) is 17.8. The fourth-order valence-electron chi connectivity index (χ4n) is 4.06. The third-order valence-electron chi connectivity index (χ3n) is 5.85. The van der Waals surface area contributed by atoms with Crippen LogP contribution in [0, 0.1) is 18.3 Å². The maximum atomic E-state index is 13.7. The number of hydrogen-bond donors (Lipinski definition) is 0. The van der Waals surface area contributed by atoms with Gasteiger partial charge in [0.15, 0.2) is 12.4 Å². The number of aromatic nitrogens is 2. The monoisotopic (exact) mass is 558 g/mol. The molecule has 0 aliphatic carbocycles. The Morgan fingerprint density at radius 2 is 1.92 bits per heavy atom. The Bertz CT molecular complexity index is 1590. The molecular formula is C29H27BrN4O3. The summed E-state index contributed by atoms with van der Waals surface area (Å²) in [6.07, 6.45) is 1.55. The van der Waals surface area contributed by atoms with Crippen molar-refractivity contribution in [2.24, 2.45) is 5.10 Å². The van der Waals surface area contributed by atoms with Crippen LogP contribution in [0.1, 0.15) is 43.4 Å². The van der Waals surface area contributed by atoms with Crippen LogP contribution < -0.4 is 15.0 Å². The molecule has 0 bridgehead atoms. The van der Waals surface area contributed by atoms with Gasteiger partial charge in [-0.2, -0.15) is 15.0 Å². The third-order valence-corrected chi connectivity index (χ3v) is 6.34. The second-order valence-corrected chi connectivity index (χ2v) is 9.65. The van der Waals surface area contributed by atoms with Crippen LogP contribution in [0.2, 0.25) is 0 Å². The SMILES string of the molecule is CCOc1cc(C)c(-c2nc3ccccc3c(=O)n2N=Cc2cc(Br)ccc2OCC#N)cc1C(C)C. The number of nitrogens with zero attached hydrogens (tertiary/aromatic N) is 4. The first-order valence-electron chi connectivity index (χ1n) is 12.0. The van der Waals surface area contributed by atoms with E-state index in [1.54, 1.807) is 24.4 Å². The summed E-state index contributed by atoms with van der Waals surface area (Å²) in [6, 6.07) is 18.6. The van der Waals surface area contributed by atoms with Crippen molar-refractivity contribution < 1.29 is 9.47 Å². The van der Waals surface area contributed by atoms with Gasteiger partial charge in [0.2, 0.25) is 0 Å². The van der Waals surface area contributed by atoms with Gasteiger partial charge in [-0.05, 0) is 73.4 Å². The highest BCUT2D eigenvalue weighted by Gasteiger charge is 2.18. The van der Waals surface area contributed by atoms with E-state index in [2.05, 4.69) is 34.9 Å². The summed E-state index contributed by atoms with van der Waals surface area (Å²) >= 11 is 3.46. The van der Waals surface area contributed by atoms with Crippen LogP contribution in [0.25, 0.3) is 22.3 Å². The summed E-state index contributed by atoms with van der Waals surface area (Å²) in [6.45, 7) is 8.60. The van der Waals surface area contributed by atoms with Crippen molar-refractivity contribution in [1.82, 2.24) is 9.66 Å². The van der Waals surface area contributed by atoms with E-state index in [9.17, 15) is 4.79 Å². The lowest BCUT2D eigenvalue weighted by Crippen LogP contribution is -2.21. The van der Waals surface area contributed by atoms with Crippen LogP contribution >= 0.6 is 15.9 Å². The molecule has 1 heterocycles. The number of nitriles is 1. The fraction of sp³-hybridized carbons (Fsp3) is 0.241. The van der Waals surface area contributed by atoms with Gasteiger partial charge < -0.3 is 9.47 Å². The molecule has 0 unspecified atom stereocenters. The topological polar surface area (TPSA) is 89.5 Å². The van der Waals surface area contributed by atoms with E-state index >= 15 is 0 Å². The molecule has 0 saturated carbocycles. The second kappa shape index (κ2) is 11.4. The standard InChI is InChI=1S/C29H27BrN4O3/c1-5-36-27-14-19(4)24(16-23(27)18(2)3)28-33-25-9-7-6-8-22(25)29(35)34(28)32-17-20-15-21(30)10-11-26(20)37-13-12-31/h6-11,14-18H,5,13H2,1-4H3. The summed E-state index contributed by atoms with van der Waals surface area (Å²) < 4.78 is 13.6. The second-order valence-electron chi connectivity index (χ2n) is 8.74. The van der Waals surface area contributed by atoms with Crippen LogP contribution in [0.3, 0.4) is 0 Å². The number of para-hydroxylation sites is 1. The van der Waals surface area contributed by atoms with Crippen molar-refractivity contribution in [3.8, 4) is 29.0 Å². The molecule has 37 heavy (non-hydrogen) atoms. The number of ether oxygens (including phenoxy) is 2. The van der Waals surface area contributed by atoms with Crippen molar-refractivity contribution in [2.75, 3.05) is 13.2 Å². The molecule has 0 atom stereocenters. The maximum Gasteiger partial charge on any atom is 0.282 e. The Labute approximate surface area is 224 Å². The minimum Gasteiger partial charge on any atom is -0.494 e. The summed E-state index contributed by atoms with van der Waals surface area (Å²) in [5, 5.41) is 14.0. The van der Waals surface area contributed by atoms with Gasteiger partial charge in [0, 0.05) is 15.6 Å². The van der Waals surface area contributed by atoms with Crippen molar-refractivity contribution >= 4 is 33.0 Å². The molecule has 4 aromatic rings. The van der Waals surface area contributed by atoms with Crippen LogP contribution in [0.5, 0.6) is 11.5 Å². The fourth-order valence-corrected chi connectivity index (χ4v) is 4.44. The van der Waals surface area contributed by atoms with Crippen LogP contribution in [-0.4, -0.2) is 29.1 Å². The molecule has 0 N–H and O–H groups in total. The predicted molar refractivity (Wildman–Crippen MR) is 150 cm³/mol. The largest absolute Gasteiger partial charge is 0.494 e. The molecule has 0 saturated heterocycles. The molecule has 0 radical (unpaired) electrons. The number of aryl methyl sites for hydroxylation is 1. The molecule has 3 aromatic carbocycles. The summed E-state index contributed by atoms with van der Waals surface area (Å²) in [4.78, 5) is 18.5. The Hall–Kier alpha value is -3.96. The van der Waals surface area contributed by atoms with E-state index in [1.165, 1.54) is 4.68 Å². The molecule has 4 rings (SSSR count). The van der Waals surface area contributed by atoms with Gasteiger partial charge in [-0.3, -0.25) is 4.79 Å². The number of fused-ring (bicyclic) bond motifs is 1. The van der Waals surface area contributed by atoms with E-state index in [1.807, 2.05) is 56.3 Å². The summed E-state index contributed by atoms with van der Waals surface area (Å²) in [5.41, 5.74) is 3.66. The zero-order valence-electron chi connectivity index (χ0n) is 21.2. The van der Waals surface area contributed by atoms with Gasteiger partial charge in [-0.1, -0.05) is 41.9 Å². The van der Waals surface area contributed by atoms with E-state index in [-0.39, 0.29) is 18.1 Å². The average molecular weight is 559 g/mol. The maximum absolute atomic E-state index is 13.7. The van der Waals surface area contributed by atoms with Crippen LogP contribution in [0.4, 0.5) is 0 Å². The Morgan fingerprint density at radius 1 is 1.14 bits per heavy atom. The molecular weight excluding hydrogens is 532 g/mol. The molecule has 0 spiro atoms. The van der Waals surface area contributed by atoms with E-state index in [4.69, 9.17) is 19.7 Å². The predicted octanol–water partition coefficient (Wildman–Crippen LogP) is 6.44. The van der Waals surface area contributed by atoms with E-state index in [0.29, 0.717) is 34.6 Å². The number of halogens is 1. The zero-order valence-corrected chi connectivity index (χ0v) is 22.7. The van der Waals surface area contributed by atoms with Gasteiger partial charge in [0.05, 0.1) is 23.7 Å². The Kier molecular flexibility index (Phi) is 8.04. The lowest BCUT2D eigenvalue weighted by molar-refractivity contribution is 0.335. The van der Waals surface area contributed by atoms with Gasteiger partial charge in [0.25, 0.3) is 5.56 Å². The summed E-state index contributed by atoms with van der Waals surface area (Å²) in [7, 11) is 0.